The minimum Gasteiger partial charge on any atom is -0.368 e. The Morgan fingerprint density at radius 3 is 2.65 bits per heavy atom. The van der Waals surface area contributed by atoms with E-state index in [1.54, 1.807) is 4.90 Å². The zero-order chi connectivity index (χ0) is 16.4. The van der Waals surface area contributed by atoms with Crippen molar-refractivity contribution in [2.75, 3.05) is 19.7 Å². The number of hydrogen-bond acceptors (Lipinski definition) is 3. The van der Waals surface area contributed by atoms with Gasteiger partial charge in [-0.2, -0.15) is 0 Å². The molecule has 0 aliphatic carbocycles. The average Bonchev–Trinajstić information content (AvgIpc) is 3.10. The Hall–Kier alpha value is -1.82. The van der Waals surface area contributed by atoms with E-state index in [0.29, 0.717) is 26.1 Å². The molecule has 1 unspecified atom stereocenters. The molecule has 124 valence electrons. The van der Waals surface area contributed by atoms with E-state index >= 15 is 0 Å². The lowest BCUT2D eigenvalue weighted by Crippen LogP contribution is -2.46. The number of hydrogen-bond donors (Lipinski definition) is 0. The summed E-state index contributed by atoms with van der Waals surface area (Å²) < 4.78 is 31.7. The maximum atomic E-state index is 13.3. The fourth-order valence-corrected chi connectivity index (χ4v) is 3.25. The van der Waals surface area contributed by atoms with Crippen molar-refractivity contribution in [1.82, 2.24) is 4.90 Å². The van der Waals surface area contributed by atoms with Crippen LogP contribution in [0.4, 0.5) is 8.78 Å². The van der Waals surface area contributed by atoms with Crippen molar-refractivity contribution in [3.8, 4) is 0 Å². The number of piperidine rings is 1. The van der Waals surface area contributed by atoms with Crippen molar-refractivity contribution in [3.63, 3.8) is 0 Å². The van der Waals surface area contributed by atoms with Crippen LogP contribution in [0.1, 0.15) is 36.0 Å². The highest BCUT2D eigenvalue weighted by atomic mass is 19.2. The SMILES string of the molecule is O=C(c1ccc(F)c(F)c1)[C@H]1CCCN(C(=O)C2CCCO2)C1. The van der Waals surface area contributed by atoms with Crippen molar-refractivity contribution >= 4 is 11.7 Å². The molecular formula is C17H19F2NO3. The zero-order valence-corrected chi connectivity index (χ0v) is 12.8. The van der Waals surface area contributed by atoms with Gasteiger partial charge in [0.1, 0.15) is 6.10 Å². The number of ether oxygens (including phenoxy) is 1. The maximum absolute atomic E-state index is 13.3. The molecule has 2 aliphatic heterocycles. The summed E-state index contributed by atoms with van der Waals surface area (Å²) in [6.45, 7) is 1.53. The molecule has 0 aromatic heterocycles. The van der Waals surface area contributed by atoms with E-state index in [0.717, 1.165) is 31.4 Å². The lowest BCUT2D eigenvalue weighted by Gasteiger charge is -2.33. The molecule has 2 saturated heterocycles. The minimum atomic E-state index is -1.03. The van der Waals surface area contributed by atoms with E-state index < -0.39 is 17.7 Å². The number of benzene rings is 1. The number of Topliss-reactive ketones (excluding diaryl/α,β-unsaturated/α-hetero) is 1. The second-order valence-corrected chi connectivity index (χ2v) is 6.12. The van der Waals surface area contributed by atoms with Gasteiger partial charge in [-0.3, -0.25) is 9.59 Å². The highest BCUT2D eigenvalue weighted by molar-refractivity contribution is 5.98. The van der Waals surface area contributed by atoms with E-state index in [1.807, 2.05) is 0 Å². The van der Waals surface area contributed by atoms with Crippen LogP contribution >= 0.6 is 0 Å². The molecule has 2 heterocycles. The first kappa shape index (κ1) is 16.1. The van der Waals surface area contributed by atoms with Crippen LogP contribution in [0.25, 0.3) is 0 Å². The third-order valence-corrected chi connectivity index (χ3v) is 4.51. The summed E-state index contributed by atoms with van der Waals surface area (Å²) in [7, 11) is 0. The summed E-state index contributed by atoms with van der Waals surface area (Å²) in [5.41, 5.74) is 0.153. The molecule has 1 aromatic rings. The molecule has 2 atom stereocenters. The lowest BCUT2D eigenvalue weighted by atomic mass is 9.89. The number of carbonyl (C=O) groups excluding carboxylic acids is 2. The summed E-state index contributed by atoms with van der Waals surface area (Å²) in [6.07, 6.45) is 2.57. The highest BCUT2D eigenvalue weighted by Gasteiger charge is 2.34. The monoisotopic (exact) mass is 323 g/mol. The van der Waals surface area contributed by atoms with Crippen LogP contribution in [0, 0.1) is 17.6 Å². The molecule has 1 amide bonds. The molecule has 2 fully saturated rings. The van der Waals surface area contributed by atoms with Crippen LogP contribution in [-0.4, -0.2) is 42.4 Å². The van der Waals surface area contributed by atoms with Crippen LogP contribution in [0.2, 0.25) is 0 Å². The van der Waals surface area contributed by atoms with Crippen LogP contribution in [-0.2, 0) is 9.53 Å². The first-order valence-electron chi connectivity index (χ1n) is 7.96. The van der Waals surface area contributed by atoms with Gasteiger partial charge < -0.3 is 9.64 Å². The molecule has 0 N–H and O–H groups in total. The molecule has 0 bridgehead atoms. The Bertz CT molecular complexity index is 614. The van der Waals surface area contributed by atoms with Crippen LogP contribution in [0.3, 0.4) is 0 Å². The summed E-state index contributed by atoms with van der Waals surface area (Å²) in [6, 6.07) is 3.18. The minimum absolute atomic E-state index is 0.0645. The summed E-state index contributed by atoms with van der Waals surface area (Å²) in [4.78, 5) is 26.5. The predicted molar refractivity (Wildman–Crippen MR) is 79.0 cm³/mol. The van der Waals surface area contributed by atoms with E-state index in [1.165, 1.54) is 6.07 Å². The van der Waals surface area contributed by atoms with Crippen molar-refractivity contribution in [2.45, 2.75) is 31.8 Å². The van der Waals surface area contributed by atoms with Gasteiger partial charge in [0.25, 0.3) is 5.91 Å². The third-order valence-electron chi connectivity index (χ3n) is 4.51. The second kappa shape index (κ2) is 6.74. The van der Waals surface area contributed by atoms with Gasteiger partial charge in [0, 0.05) is 31.2 Å². The van der Waals surface area contributed by atoms with Crippen molar-refractivity contribution in [1.29, 1.82) is 0 Å². The van der Waals surface area contributed by atoms with Gasteiger partial charge >= 0.3 is 0 Å². The summed E-state index contributed by atoms with van der Waals surface area (Å²) in [5.74, 6) is -2.68. The average molecular weight is 323 g/mol. The van der Waals surface area contributed by atoms with Crippen molar-refractivity contribution in [2.24, 2.45) is 5.92 Å². The van der Waals surface area contributed by atoms with Crippen molar-refractivity contribution in [3.05, 3.63) is 35.4 Å². The summed E-state index contributed by atoms with van der Waals surface area (Å²) >= 11 is 0. The molecule has 23 heavy (non-hydrogen) atoms. The Morgan fingerprint density at radius 1 is 1.13 bits per heavy atom. The van der Waals surface area contributed by atoms with E-state index in [4.69, 9.17) is 4.74 Å². The largest absolute Gasteiger partial charge is 0.368 e. The first-order chi connectivity index (χ1) is 11.1. The lowest BCUT2D eigenvalue weighted by molar-refractivity contribution is -0.142. The number of halogens is 2. The maximum Gasteiger partial charge on any atom is 0.251 e. The molecule has 2 aliphatic rings. The number of rotatable bonds is 3. The number of amides is 1. The van der Waals surface area contributed by atoms with Crippen LogP contribution in [0.15, 0.2) is 18.2 Å². The number of carbonyl (C=O) groups is 2. The van der Waals surface area contributed by atoms with E-state index in [2.05, 4.69) is 0 Å². The molecule has 6 heteroatoms. The standard InChI is InChI=1S/C17H19F2NO3/c18-13-6-5-11(9-14(13)19)16(21)12-3-1-7-20(10-12)17(22)15-4-2-8-23-15/h5-6,9,12,15H,1-4,7-8,10H2/t12-,15?/m0/s1. The Labute approximate surface area is 133 Å². The summed E-state index contributed by atoms with van der Waals surface area (Å²) in [5, 5.41) is 0. The van der Waals surface area contributed by atoms with Gasteiger partial charge in [0.15, 0.2) is 17.4 Å². The first-order valence-corrected chi connectivity index (χ1v) is 7.96. The van der Waals surface area contributed by atoms with Gasteiger partial charge in [0.05, 0.1) is 0 Å². The molecule has 4 nitrogen and oxygen atoms in total. The van der Waals surface area contributed by atoms with Gasteiger partial charge in [-0.15, -0.1) is 0 Å². The van der Waals surface area contributed by atoms with Crippen LogP contribution in [0.5, 0.6) is 0 Å². The molecule has 3 rings (SSSR count). The highest BCUT2D eigenvalue weighted by Crippen LogP contribution is 2.24. The number of ketones is 1. The molecular weight excluding hydrogens is 304 g/mol. The third kappa shape index (κ3) is 3.42. The van der Waals surface area contributed by atoms with Gasteiger partial charge in [-0.05, 0) is 43.9 Å². The fourth-order valence-electron chi connectivity index (χ4n) is 3.25. The van der Waals surface area contributed by atoms with E-state index in [-0.39, 0.29) is 23.2 Å². The van der Waals surface area contributed by atoms with Gasteiger partial charge in [-0.25, -0.2) is 8.78 Å². The Morgan fingerprint density at radius 2 is 1.96 bits per heavy atom. The Balaban J connectivity index is 1.68. The second-order valence-electron chi connectivity index (χ2n) is 6.12. The Kier molecular flexibility index (Phi) is 4.71. The predicted octanol–water partition coefficient (Wildman–Crippen LogP) is 2.57. The number of likely N-dealkylation sites (tertiary alicyclic amines) is 1. The zero-order valence-electron chi connectivity index (χ0n) is 12.8. The molecule has 1 aromatic carbocycles. The topological polar surface area (TPSA) is 46.6 Å². The quantitative estimate of drug-likeness (QED) is 0.803. The smallest absolute Gasteiger partial charge is 0.251 e. The van der Waals surface area contributed by atoms with Crippen LogP contribution < -0.4 is 0 Å². The van der Waals surface area contributed by atoms with Crippen molar-refractivity contribution < 1.29 is 23.1 Å². The van der Waals surface area contributed by atoms with Gasteiger partial charge in [0.2, 0.25) is 0 Å². The molecule has 0 saturated carbocycles. The molecule has 0 radical (unpaired) electrons. The normalized spacial score (nSPS) is 24.7. The van der Waals surface area contributed by atoms with E-state index in [9.17, 15) is 18.4 Å². The molecule has 0 spiro atoms. The fraction of sp³-hybridized carbons (Fsp3) is 0.529. The van der Waals surface area contributed by atoms with Gasteiger partial charge in [-0.1, -0.05) is 0 Å². The number of nitrogens with zero attached hydrogens (tertiary/aromatic N) is 1.